The summed E-state index contributed by atoms with van der Waals surface area (Å²) < 4.78 is 10.5. The van der Waals surface area contributed by atoms with Crippen LogP contribution in [0, 0.1) is 11.3 Å². The molecule has 0 aromatic carbocycles. The Morgan fingerprint density at radius 2 is 2.29 bits per heavy atom. The minimum absolute atomic E-state index is 0.167. The molecule has 21 heavy (non-hydrogen) atoms. The van der Waals surface area contributed by atoms with Crippen LogP contribution in [-0.2, 0) is 4.74 Å². The highest BCUT2D eigenvalue weighted by Gasteiger charge is 2.41. The first-order chi connectivity index (χ1) is 9.99. The van der Waals surface area contributed by atoms with Gasteiger partial charge in [0.15, 0.2) is 0 Å². The zero-order valence-corrected chi connectivity index (χ0v) is 13.6. The van der Waals surface area contributed by atoms with Crippen LogP contribution in [-0.4, -0.2) is 19.6 Å². The molecule has 2 unspecified atom stereocenters. The summed E-state index contributed by atoms with van der Waals surface area (Å²) in [6.07, 6.45) is 4.77. The Labute approximate surface area is 127 Å². The van der Waals surface area contributed by atoms with Crippen molar-refractivity contribution in [2.45, 2.75) is 52.5 Å². The van der Waals surface area contributed by atoms with Gasteiger partial charge in [0, 0.05) is 0 Å². The van der Waals surface area contributed by atoms with E-state index in [1.54, 1.807) is 6.07 Å². The van der Waals surface area contributed by atoms with E-state index >= 15 is 0 Å². The number of carbonyl (C=O) groups excluding carboxylic acids is 1. The van der Waals surface area contributed by atoms with Crippen LogP contribution in [0.5, 0.6) is 0 Å². The summed E-state index contributed by atoms with van der Waals surface area (Å²) in [4.78, 5) is 11.6. The lowest BCUT2D eigenvalue weighted by molar-refractivity contribution is 0.0559. The molecular weight excluding hydrogens is 266 g/mol. The van der Waals surface area contributed by atoms with E-state index in [2.05, 4.69) is 26.1 Å². The highest BCUT2D eigenvalue weighted by molar-refractivity contribution is 5.86. The van der Waals surface area contributed by atoms with E-state index < -0.39 is 5.97 Å². The normalized spacial score (nSPS) is 22.2. The maximum absolute atomic E-state index is 11.6. The van der Waals surface area contributed by atoms with E-state index in [1.165, 1.54) is 26.4 Å². The first-order valence-electron chi connectivity index (χ1n) is 7.91. The Morgan fingerprint density at radius 3 is 2.86 bits per heavy atom. The molecule has 0 radical (unpaired) electrons. The van der Waals surface area contributed by atoms with Crippen LogP contribution >= 0.6 is 0 Å². The molecule has 1 saturated carbocycles. The quantitative estimate of drug-likeness (QED) is 0.807. The Kier molecular flexibility index (Phi) is 5.09. The lowest BCUT2D eigenvalue weighted by Crippen LogP contribution is -2.34. The van der Waals surface area contributed by atoms with Crippen molar-refractivity contribution in [1.82, 2.24) is 5.32 Å². The number of ether oxygens (including phenoxy) is 1. The van der Waals surface area contributed by atoms with Crippen LogP contribution < -0.4 is 5.32 Å². The van der Waals surface area contributed by atoms with E-state index in [0.29, 0.717) is 11.3 Å². The fraction of sp³-hybridized carbons (Fsp3) is 0.706. The van der Waals surface area contributed by atoms with Gasteiger partial charge in [-0.3, -0.25) is 0 Å². The molecule has 1 aromatic rings. The van der Waals surface area contributed by atoms with Gasteiger partial charge in [-0.15, -0.1) is 0 Å². The lowest BCUT2D eigenvalue weighted by Gasteiger charge is -2.33. The third kappa shape index (κ3) is 3.49. The van der Waals surface area contributed by atoms with Gasteiger partial charge in [0.1, 0.15) is 5.76 Å². The average Bonchev–Trinajstić information content (AvgIpc) is 3.06. The average molecular weight is 293 g/mol. The molecule has 1 aliphatic rings. The Bertz CT molecular complexity index is 478. The number of nitrogens with one attached hydrogen (secondary N) is 1. The molecule has 1 aromatic heterocycles. The SMILES string of the molecule is CCCNC(c1ccc(C(=O)OC)o1)C1CCCC1(C)C. The monoisotopic (exact) mass is 293 g/mol. The van der Waals surface area contributed by atoms with E-state index in [-0.39, 0.29) is 11.8 Å². The van der Waals surface area contributed by atoms with Crippen molar-refractivity contribution in [1.29, 1.82) is 0 Å². The second-order valence-corrected chi connectivity index (χ2v) is 6.61. The maximum atomic E-state index is 11.6. The molecule has 2 rings (SSSR count). The number of hydrogen-bond acceptors (Lipinski definition) is 4. The summed E-state index contributed by atoms with van der Waals surface area (Å²) in [7, 11) is 1.37. The molecular formula is C17H27NO3. The smallest absolute Gasteiger partial charge is 0.373 e. The zero-order valence-electron chi connectivity index (χ0n) is 13.6. The Balaban J connectivity index is 2.23. The number of rotatable bonds is 6. The third-order valence-corrected chi connectivity index (χ3v) is 4.68. The van der Waals surface area contributed by atoms with Gasteiger partial charge < -0.3 is 14.5 Å². The first-order valence-corrected chi connectivity index (χ1v) is 7.91. The molecule has 0 saturated heterocycles. The van der Waals surface area contributed by atoms with Crippen molar-refractivity contribution in [2.75, 3.05) is 13.7 Å². The maximum Gasteiger partial charge on any atom is 0.373 e. The van der Waals surface area contributed by atoms with Gasteiger partial charge in [-0.05, 0) is 49.3 Å². The standard InChI is InChI=1S/C17H27NO3/c1-5-11-18-15(12-7-6-10-17(12,2)3)13-8-9-14(21-13)16(19)20-4/h8-9,12,15,18H,5-7,10-11H2,1-4H3. The van der Waals surface area contributed by atoms with E-state index in [9.17, 15) is 4.79 Å². The molecule has 2 atom stereocenters. The highest BCUT2D eigenvalue weighted by atomic mass is 16.5. The summed E-state index contributed by atoms with van der Waals surface area (Å²) in [5, 5.41) is 3.61. The van der Waals surface area contributed by atoms with Crippen LogP contribution in [0.2, 0.25) is 0 Å². The van der Waals surface area contributed by atoms with Gasteiger partial charge >= 0.3 is 5.97 Å². The summed E-state index contributed by atoms with van der Waals surface area (Å²) in [5.41, 5.74) is 0.295. The van der Waals surface area contributed by atoms with Crippen LogP contribution in [0.4, 0.5) is 0 Å². The third-order valence-electron chi connectivity index (χ3n) is 4.68. The van der Waals surface area contributed by atoms with Crippen molar-refractivity contribution >= 4 is 5.97 Å². The van der Waals surface area contributed by atoms with E-state index in [4.69, 9.17) is 9.15 Å². The highest BCUT2D eigenvalue weighted by Crippen LogP contribution is 2.48. The topological polar surface area (TPSA) is 51.5 Å². The molecule has 118 valence electrons. The van der Waals surface area contributed by atoms with Gasteiger partial charge in [-0.2, -0.15) is 0 Å². The summed E-state index contributed by atoms with van der Waals surface area (Å²) in [6, 6.07) is 3.79. The molecule has 4 heteroatoms. The summed E-state index contributed by atoms with van der Waals surface area (Å²) in [6.45, 7) is 7.77. The molecule has 0 amide bonds. The predicted molar refractivity (Wildman–Crippen MR) is 82.2 cm³/mol. The van der Waals surface area contributed by atoms with Crippen LogP contribution in [0.1, 0.15) is 68.8 Å². The van der Waals surface area contributed by atoms with Crippen molar-refractivity contribution < 1.29 is 13.9 Å². The second-order valence-electron chi connectivity index (χ2n) is 6.61. The second kappa shape index (κ2) is 6.65. The first kappa shape index (κ1) is 16.1. The predicted octanol–water partition coefficient (Wildman–Crippen LogP) is 3.93. The number of hydrogen-bond donors (Lipinski definition) is 1. The Hall–Kier alpha value is -1.29. The molecule has 1 aliphatic carbocycles. The fourth-order valence-corrected chi connectivity index (χ4v) is 3.44. The summed E-state index contributed by atoms with van der Waals surface area (Å²) >= 11 is 0. The van der Waals surface area contributed by atoms with Crippen LogP contribution in [0.15, 0.2) is 16.5 Å². The minimum atomic E-state index is -0.416. The molecule has 0 bridgehead atoms. The van der Waals surface area contributed by atoms with Crippen molar-refractivity contribution in [3.63, 3.8) is 0 Å². The van der Waals surface area contributed by atoms with Gasteiger partial charge in [-0.1, -0.05) is 27.2 Å². The minimum Gasteiger partial charge on any atom is -0.463 e. The van der Waals surface area contributed by atoms with Gasteiger partial charge in [0.2, 0.25) is 5.76 Å². The number of esters is 1. The molecule has 0 spiro atoms. The summed E-state index contributed by atoms with van der Waals surface area (Å²) in [5.74, 6) is 1.25. The van der Waals surface area contributed by atoms with Crippen LogP contribution in [0.25, 0.3) is 0 Å². The largest absolute Gasteiger partial charge is 0.463 e. The molecule has 1 fully saturated rings. The van der Waals surface area contributed by atoms with Gasteiger partial charge in [-0.25, -0.2) is 4.79 Å². The van der Waals surface area contributed by atoms with Gasteiger partial charge in [0.25, 0.3) is 0 Å². The number of carbonyl (C=O) groups is 1. The fourth-order valence-electron chi connectivity index (χ4n) is 3.44. The van der Waals surface area contributed by atoms with Crippen LogP contribution in [0.3, 0.4) is 0 Å². The molecule has 4 nitrogen and oxygen atoms in total. The molecule has 1 heterocycles. The zero-order chi connectivity index (χ0) is 15.5. The number of furan rings is 1. The molecule has 0 aliphatic heterocycles. The lowest BCUT2D eigenvalue weighted by atomic mass is 9.76. The van der Waals surface area contributed by atoms with E-state index in [1.807, 2.05) is 6.07 Å². The van der Waals surface area contributed by atoms with Crippen molar-refractivity contribution in [2.24, 2.45) is 11.3 Å². The van der Waals surface area contributed by atoms with E-state index in [0.717, 1.165) is 18.7 Å². The number of methoxy groups -OCH3 is 1. The molecule has 1 N–H and O–H groups in total. The van der Waals surface area contributed by atoms with Crippen molar-refractivity contribution in [3.8, 4) is 0 Å². The van der Waals surface area contributed by atoms with Gasteiger partial charge in [0.05, 0.1) is 13.2 Å². The Morgan fingerprint density at radius 1 is 1.52 bits per heavy atom. The van der Waals surface area contributed by atoms with Crippen molar-refractivity contribution in [3.05, 3.63) is 23.7 Å².